The third kappa shape index (κ3) is 4.49. The summed E-state index contributed by atoms with van der Waals surface area (Å²) in [5.41, 5.74) is 4.56. The van der Waals surface area contributed by atoms with Crippen LogP contribution in [0.3, 0.4) is 0 Å². The Kier molecular flexibility index (Phi) is 5.68. The van der Waals surface area contributed by atoms with Crippen LogP contribution >= 0.6 is 0 Å². The molecule has 2 amide bonds. The van der Waals surface area contributed by atoms with Gasteiger partial charge in [0.25, 0.3) is 11.8 Å². The van der Waals surface area contributed by atoms with Crippen LogP contribution in [0.2, 0.25) is 0 Å². The van der Waals surface area contributed by atoms with E-state index in [2.05, 4.69) is 16.7 Å². The third-order valence-corrected chi connectivity index (χ3v) is 4.55. The van der Waals surface area contributed by atoms with E-state index in [9.17, 15) is 9.59 Å². The lowest BCUT2D eigenvalue weighted by Crippen LogP contribution is -2.27. The van der Waals surface area contributed by atoms with Crippen LogP contribution in [0.4, 0.5) is 5.69 Å². The molecule has 0 bridgehead atoms. The van der Waals surface area contributed by atoms with E-state index in [1.165, 1.54) is 5.56 Å². The van der Waals surface area contributed by atoms with Crippen LogP contribution in [0, 0.1) is 13.8 Å². The molecule has 0 aromatic heterocycles. The Morgan fingerprint density at radius 1 is 1.15 bits per heavy atom. The Balaban J connectivity index is 1.61. The summed E-state index contributed by atoms with van der Waals surface area (Å²) in [6.07, 6.45) is 1.25. The highest BCUT2D eigenvalue weighted by Gasteiger charge is 2.23. The first kappa shape index (κ1) is 18.1. The van der Waals surface area contributed by atoms with E-state index in [1.807, 2.05) is 26.0 Å². The van der Waals surface area contributed by atoms with Gasteiger partial charge in [-0.1, -0.05) is 29.8 Å². The number of amides is 2. The molecule has 26 heavy (non-hydrogen) atoms. The van der Waals surface area contributed by atoms with Crippen molar-refractivity contribution in [2.75, 3.05) is 11.9 Å². The molecule has 5 heteroatoms. The molecule has 1 atom stereocenters. The van der Waals surface area contributed by atoms with Crippen molar-refractivity contribution in [3.05, 3.63) is 64.7 Å². The quantitative estimate of drug-likeness (QED) is 0.867. The summed E-state index contributed by atoms with van der Waals surface area (Å²) < 4.78 is 5.38. The number of hydrogen-bond donors (Lipinski definition) is 2. The van der Waals surface area contributed by atoms with Crippen LogP contribution < -0.4 is 10.6 Å². The van der Waals surface area contributed by atoms with Gasteiger partial charge in [0, 0.05) is 24.4 Å². The average Bonchev–Trinajstić information content (AvgIpc) is 3.16. The van der Waals surface area contributed by atoms with E-state index in [4.69, 9.17) is 4.74 Å². The van der Waals surface area contributed by atoms with Gasteiger partial charge in [-0.3, -0.25) is 9.59 Å². The second-order valence-corrected chi connectivity index (χ2v) is 6.68. The van der Waals surface area contributed by atoms with Crippen LogP contribution in [-0.4, -0.2) is 24.5 Å². The smallest absolute Gasteiger partial charge is 0.253 e. The minimum atomic E-state index is -0.392. The Morgan fingerprint density at radius 2 is 2.00 bits per heavy atom. The number of nitrogens with one attached hydrogen (secondary N) is 2. The fraction of sp³-hybridized carbons (Fsp3) is 0.333. The lowest BCUT2D eigenvalue weighted by atomic mass is 10.1. The van der Waals surface area contributed by atoms with Crippen LogP contribution in [0.5, 0.6) is 0 Å². The Bertz CT molecular complexity index is 811. The first-order chi connectivity index (χ1) is 12.5. The first-order valence-corrected chi connectivity index (χ1v) is 8.90. The molecule has 1 aliphatic rings. The molecular weight excluding hydrogens is 328 g/mol. The first-order valence-electron chi connectivity index (χ1n) is 8.90. The lowest BCUT2D eigenvalue weighted by Gasteiger charge is -2.12. The van der Waals surface area contributed by atoms with Crippen LogP contribution in [-0.2, 0) is 16.1 Å². The van der Waals surface area contributed by atoms with Gasteiger partial charge in [0.2, 0.25) is 0 Å². The molecule has 136 valence electrons. The second-order valence-electron chi connectivity index (χ2n) is 6.68. The van der Waals surface area contributed by atoms with Crippen LogP contribution in [0.1, 0.15) is 39.9 Å². The number of aryl methyl sites for hydroxylation is 2. The highest BCUT2D eigenvalue weighted by Crippen LogP contribution is 2.17. The van der Waals surface area contributed by atoms with E-state index < -0.39 is 6.10 Å². The zero-order valence-electron chi connectivity index (χ0n) is 15.2. The molecule has 1 saturated heterocycles. The van der Waals surface area contributed by atoms with Gasteiger partial charge in [-0.2, -0.15) is 0 Å². The number of anilines is 1. The van der Waals surface area contributed by atoms with E-state index >= 15 is 0 Å². The number of carbonyl (C=O) groups is 2. The fourth-order valence-corrected chi connectivity index (χ4v) is 3.07. The van der Waals surface area contributed by atoms with E-state index in [0.29, 0.717) is 24.4 Å². The van der Waals surface area contributed by atoms with Gasteiger partial charge in [-0.15, -0.1) is 0 Å². The molecule has 0 spiro atoms. The van der Waals surface area contributed by atoms with Crippen molar-refractivity contribution in [2.45, 2.75) is 39.3 Å². The van der Waals surface area contributed by atoms with E-state index in [-0.39, 0.29) is 11.8 Å². The summed E-state index contributed by atoms with van der Waals surface area (Å²) in [7, 11) is 0. The van der Waals surface area contributed by atoms with Crippen molar-refractivity contribution in [3.8, 4) is 0 Å². The predicted octanol–water partition coefficient (Wildman–Crippen LogP) is 3.35. The standard InChI is InChI=1S/C21H24N2O3/c1-14-8-9-17(15(2)11-14)13-22-20(24)16-5-3-6-18(12-16)23-21(25)19-7-4-10-26-19/h3,5-6,8-9,11-12,19H,4,7,10,13H2,1-2H3,(H,22,24)(H,23,25). The summed E-state index contributed by atoms with van der Waals surface area (Å²) in [5.74, 6) is -0.325. The highest BCUT2D eigenvalue weighted by molar-refractivity contribution is 5.98. The number of carbonyl (C=O) groups excluding carboxylic acids is 2. The van der Waals surface area contributed by atoms with Gasteiger partial charge >= 0.3 is 0 Å². The number of rotatable bonds is 5. The molecule has 3 rings (SSSR count). The molecule has 0 radical (unpaired) electrons. The largest absolute Gasteiger partial charge is 0.368 e. The molecule has 1 aliphatic heterocycles. The van der Waals surface area contributed by atoms with E-state index in [0.717, 1.165) is 24.0 Å². The maximum Gasteiger partial charge on any atom is 0.253 e. The van der Waals surface area contributed by atoms with Crippen molar-refractivity contribution in [3.63, 3.8) is 0 Å². The maximum absolute atomic E-state index is 12.4. The minimum absolute atomic E-state index is 0.157. The third-order valence-electron chi connectivity index (χ3n) is 4.55. The van der Waals surface area contributed by atoms with Crippen molar-refractivity contribution < 1.29 is 14.3 Å². The lowest BCUT2D eigenvalue weighted by molar-refractivity contribution is -0.124. The summed E-state index contributed by atoms with van der Waals surface area (Å²) in [6, 6.07) is 13.1. The van der Waals surface area contributed by atoms with Crippen LogP contribution in [0.25, 0.3) is 0 Å². The molecule has 1 fully saturated rings. The van der Waals surface area contributed by atoms with Crippen molar-refractivity contribution in [1.82, 2.24) is 5.32 Å². The van der Waals surface area contributed by atoms with Gasteiger partial charge < -0.3 is 15.4 Å². The number of hydrogen-bond acceptors (Lipinski definition) is 3. The van der Waals surface area contributed by atoms with Crippen molar-refractivity contribution >= 4 is 17.5 Å². The van der Waals surface area contributed by atoms with Gasteiger partial charge in [0.05, 0.1) is 0 Å². The monoisotopic (exact) mass is 352 g/mol. The maximum atomic E-state index is 12.4. The molecule has 2 aromatic rings. The Hall–Kier alpha value is -2.66. The fourth-order valence-electron chi connectivity index (χ4n) is 3.07. The van der Waals surface area contributed by atoms with Crippen LogP contribution in [0.15, 0.2) is 42.5 Å². The summed E-state index contributed by atoms with van der Waals surface area (Å²) in [6.45, 7) is 5.18. The van der Waals surface area contributed by atoms with Crippen molar-refractivity contribution in [1.29, 1.82) is 0 Å². The van der Waals surface area contributed by atoms with Crippen molar-refractivity contribution in [2.24, 2.45) is 0 Å². The molecule has 2 aromatic carbocycles. The van der Waals surface area contributed by atoms with Gasteiger partial charge in [-0.25, -0.2) is 0 Å². The second kappa shape index (κ2) is 8.15. The minimum Gasteiger partial charge on any atom is -0.368 e. The summed E-state index contributed by atoms with van der Waals surface area (Å²) in [4.78, 5) is 24.6. The Labute approximate surface area is 153 Å². The van der Waals surface area contributed by atoms with Gasteiger partial charge in [0.15, 0.2) is 0 Å². The van der Waals surface area contributed by atoms with Gasteiger partial charge in [0.1, 0.15) is 6.10 Å². The highest BCUT2D eigenvalue weighted by atomic mass is 16.5. The SMILES string of the molecule is Cc1ccc(CNC(=O)c2cccc(NC(=O)C3CCCO3)c2)c(C)c1. The summed E-state index contributed by atoms with van der Waals surface area (Å²) >= 11 is 0. The molecule has 0 saturated carbocycles. The van der Waals surface area contributed by atoms with E-state index in [1.54, 1.807) is 24.3 Å². The molecule has 1 unspecified atom stereocenters. The zero-order chi connectivity index (χ0) is 18.5. The Morgan fingerprint density at radius 3 is 2.73 bits per heavy atom. The molecule has 2 N–H and O–H groups in total. The number of ether oxygens (including phenoxy) is 1. The molecular formula is C21H24N2O3. The predicted molar refractivity (Wildman–Crippen MR) is 101 cm³/mol. The average molecular weight is 352 g/mol. The molecule has 0 aliphatic carbocycles. The normalized spacial score (nSPS) is 16.3. The van der Waals surface area contributed by atoms with Gasteiger partial charge in [-0.05, 0) is 56.0 Å². The zero-order valence-corrected chi connectivity index (χ0v) is 15.2. The molecule has 5 nitrogen and oxygen atoms in total. The number of benzene rings is 2. The topological polar surface area (TPSA) is 67.4 Å². The molecule has 1 heterocycles. The summed E-state index contributed by atoms with van der Waals surface area (Å²) in [5, 5.41) is 5.76.